The normalized spacial score (nSPS) is 22.8. The van der Waals surface area contributed by atoms with Gasteiger partial charge in [-0.3, -0.25) is 9.52 Å². The number of hydrogen-bond acceptors (Lipinski definition) is 8. The number of anilines is 1. The fraction of sp³-hybridized carbons (Fsp3) is 0.667. The molecule has 0 radical (unpaired) electrons. The number of sulfonamides is 1. The first-order chi connectivity index (χ1) is 22.4. The van der Waals surface area contributed by atoms with Gasteiger partial charge in [0, 0.05) is 57.6 Å². The summed E-state index contributed by atoms with van der Waals surface area (Å²) in [6.07, 6.45) is 9.95. The maximum absolute atomic E-state index is 14.3. The number of nitrogens with one attached hydrogen (secondary N) is 2. The summed E-state index contributed by atoms with van der Waals surface area (Å²) in [6, 6.07) is 4.11. The summed E-state index contributed by atoms with van der Waals surface area (Å²) in [5, 5.41) is 13.2. The molecule has 1 fully saturated rings. The van der Waals surface area contributed by atoms with Crippen LogP contribution in [0.3, 0.4) is 0 Å². The number of fused-ring (bicyclic) bond motifs is 1. The Kier molecular flexibility index (Phi) is 12.9. The predicted octanol–water partition coefficient (Wildman–Crippen LogP) is 3.99. The van der Waals surface area contributed by atoms with Crippen LogP contribution in [0.25, 0.3) is 0 Å². The third-order valence-corrected chi connectivity index (χ3v) is 10.3. The van der Waals surface area contributed by atoms with E-state index in [1.165, 1.54) is 29.6 Å². The number of aromatic nitrogens is 2. The number of carbonyl (C=O) groups is 2. The molecule has 0 unspecified atom stereocenters. The van der Waals surface area contributed by atoms with Gasteiger partial charge in [-0.25, -0.2) is 9.78 Å². The summed E-state index contributed by atoms with van der Waals surface area (Å²) in [7, 11) is -0.577. The Labute approximate surface area is 279 Å². The van der Waals surface area contributed by atoms with Crippen LogP contribution in [-0.2, 0) is 21.8 Å². The highest BCUT2D eigenvalue weighted by Gasteiger charge is 2.31. The Bertz CT molecular complexity index is 1440. The summed E-state index contributed by atoms with van der Waals surface area (Å²) >= 11 is 0. The molecule has 0 saturated heterocycles. The molecule has 2 aromatic rings. The zero-order chi connectivity index (χ0) is 34.1. The lowest BCUT2D eigenvalue weighted by Crippen LogP contribution is -2.50. The van der Waals surface area contributed by atoms with Crippen LogP contribution in [0.15, 0.2) is 35.7 Å². The van der Waals surface area contributed by atoms with E-state index in [0.29, 0.717) is 25.3 Å². The molecule has 1 aromatic carbocycles. The molecule has 14 heteroatoms. The number of imidazole rings is 1. The minimum absolute atomic E-state index is 0.135. The number of rotatable bonds is 8. The molecule has 4 atom stereocenters. The van der Waals surface area contributed by atoms with Crippen LogP contribution in [0.4, 0.5) is 10.5 Å². The van der Waals surface area contributed by atoms with Crippen molar-refractivity contribution in [1.29, 1.82) is 0 Å². The molecule has 1 aromatic heterocycles. The number of aliphatic hydroxyl groups is 1. The Morgan fingerprint density at radius 1 is 1.15 bits per heavy atom. The van der Waals surface area contributed by atoms with E-state index in [1.807, 2.05) is 13.8 Å². The number of aliphatic hydroxyl groups excluding tert-OH is 1. The number of urea groups is 1. The van der Waals surface area contributed by atoms with Crippen molar-refractivity contribution in [3.63, 3.8) is 0 Å². The molecule has 0 spiro atoms. The monoisotopic (exact) mass is 676 g/mol. The fourth-order valence-electron chi connectivity index (χ4n) is 6.07. The standard InChI is InChI=1S/C33H52N6O7S/c1-23-18-39(24(2)21-40)32(41)28-17-27(36-47(43,44)31-20-37(4)22-34-31)14-15-29(28)46-25(3)11-9-10-16-45-30(23)19-38(5)33(42)35-26-12-7-6-8-13-26/h14-15,17,20,22-26,30,36,40H,6-13,16,18-19,21H2,1-5H3,(H,35,42)/t23-,24+,25+,30-/m1/s1. The highest BCUT2D eigenvalue weighted by molar-refractivity contribution is 7.92. The lowest BCUT2D eigenvalue weighted by molar-refractivity contribution is -0.0123. The number of benzene rings is 1. The molecule has 2 heterocycles. The Hall–Kier alpha value is -3.36. The van der Waals surface area contributed by atoms with Gasteiger partial charge in [0.05, 0.1) is 36.7 Å². The number of ether oxygens (including phenoxy) is 2. The van der Waals surface area contributed by atoms with Crippen molar-refractivity contribution in [3.8, 4) is 5.75 Å². The van der Waals surface area contributed by atoms with E-state index in [0.717, 1.165) is 38.5 Å². The molecule has 3 amide bonds. The second kappa shape index (κ2) is 16.6. The van der Waals surface area contributed by atoms with Crippen LogP contribution in [0.5, 0.6) is 5.75 Å². The second-order valence-corrected chi connectivity index (χ2v) is 14.8. The average Bonchev–Trinajstić information content (AvgIpc) is 3.50. The summed E-state index contributed by atoms with van der Waals surface area (Å²) in [4.78, 5) is 34.6. The van der Waals surface area contributed by atoms with Gasteiger partial charge < -0.3 is 34.3 Å². The summed E-state index contributed by atoms with van der Waals surface area (Å²) in [5.41, 5.74) is 0.348. The van der Waals surface area contributed by atoms with Crippen molar-refractivity contribution in [3.05, 3.63) is 36.3 Å². The maximum atomic E-state index is 14.3. The van der Waals surface area contributed by atoms with E-state index < -0.39 is 22.0 Å². The number of carbonyl (C=O) groups excluding carboxylic acids is 2. The second-order valence-electron chi connectivity index (χ2n) is 13.2. The predicted molar refractivity (Wildman–Crippen MR) is 179 cm³/mol. The van der Waals surface area contributed by atoms with Crippen LogP contribution in [0, 0.1) is 5.92 Å². The van der Waals surface area contributed by atoms with Crippen LogP contribution in [0.1, 0.15) is 82.5 Å². The number of hydrogen-bond donors (Lipinski definition) is 3. The number of likely N-dealkylation sites (N-methyl/N-ethyl adjacent to an activating group) is 1. The molecule has 2 aliphatic rings. The van der Waals surface area contributed by atoms with E-state index in [2.05, 4.69) is 15.0 Å². The fourth-order valence-corrected chi connectivity index (χ4v) is 7.10. The van der Waals surface area contributed by atoms with E-state index in [9.17, 15) is 23.1 Å². The van der Waals surface area contributed by atoms with Crippen LogP contribution in [0.2, 0.25) is 0 Å². The molecule has 1 aliphatic carbocycles. The first kappa shape index (κ1) is 36.5. The molecule has 1 saturated carbocycles. The first-order valence-corrected chi connectivity index (χ1v) is 18.2. The van der Waals surface area contributed by atoms with Gasteiger partial charge in [-0.1, -0.05) is 26.2 Å². The Balaban J connectivity index is 1.60. The molecule has 47 heavy (non-hydrogen) atoms. The largest absolute Gasteiger partial charge is 0.490 e. The number of amides is 3. The van der Waals surface area contributed by atoms with Crippen molar-refractivity contribution < 1.29 is 32.6 Å². The molecule has 262 valence electrons. The Morgan fingerprint density at radius 2 is 1.87 bits per heavy atom. The van der Waals surface area contributed by atoms with Gasteiger partial charge >= 0.3 is 6.03 Å². The Morgan fingerprint density at radius 3 is 2.55 bits per heavy atom. The summed E-state index contributed by atoms with van der Waals surface area (Å²) < 4.78 is 42.8. The van der Waals surface area contributed by atoms with Gasteiger partial charge in [-0.15, -0.1) is 0 Å². The third-order valence-electron chi connectivity index (χ3n) is 8.99. The first-order valence-electron chi connectivity index (χ1n) is 16.7. The quantitative estimate of drug-likeness (QED) is 0.379. The van der Waals surface area contributed by atoms with Crippen molar-refractivity contribution >= 4 is 27.6 Å². The molecular weight excluding hydrogens is 624 g/mol. The minimum atomic E-state index is -4.02. The summed E-state index contributed by atoms with van der Waals surface area (Å²) in [6.45, 7) is 6.44. The van der Waals surface area contributed by atoms with Crippen LogP contribution >= 0.6 is 0 Å². The van der Waals surface area contributed by atoms with Crippen LogP contribution in [-0.4, -0.2) is 102 Å². The van der Waals surface area contributed by atoms with Gasteiger partial charge in [0.15, 0.2) is 5.03 Å². The van der Waals surface area contributed by atoms with E-state index in [4.69, 9.17) is 9.47 Å². The lowest BCUT2D eigenvalue weighted by Gasteiger charge is -2.36. The van der Waals surface area contributed by atoms with Crippen molar-refractivity contribution in [2.24, 2.45) is 13.0 Å². The van der Waals surface area contributed by atoms with Gasteiger partial charge in [-0.05, 0) is 64.2 Å². The highest BCUT2D eigenvalue weighted by Crippen LogP contribution is 2.29. The molecule has 1 aliphatic heterocycles. The van der Waals surface area contributed by atoms with Crippen LogP contribution < -0.4 is 14.8 Å². The molecule has 13 nitrogen and oxygen atoms in total. The molecular formula is C33H52N6O7S. The van der Waals surface area contributed by atoms with Gasteiger partial charge in [0.25, 0.3) is 15.9 Å². The van der Waals surface area contributed by atoms with Gasteiger partial charge in [0.1, 0.15) is 5.75 Å². The molecule has 3 N–H and O–H groups in total. The highest BCUT2D eigenvalue weighted by atomic mass is 32.2. The smallest absolute Gasteiger partial charge is 0.317 e. The van der Waals surface area contributed by atoms with Crippen molar-refractivity contribution in [1.82, 2.24) is 24.7 Å². The minimum Gasteiger partial charge on any atom is -0.490 e. The third kappa shape index (κ3) is 10.1. The summed E-state index contributed by atoms with van der Waals surface area (Å²) in [5.74, 6) is -0.302. The van der Waals surface area contributed by atoms with Gasteiger partial charge in [0.2, 0.25) is 0 Å². The van der Waals surface area contributed by atoms with Gasteiger partial charge in [-0.2, -0.15) is 8.42 Å². The topological polar surface area (TPSA) is 155 Å². The lowest BCUT2D eigenvalue weighted by atomic mass is 9.96. The average molecular weight is 677 g/mol. The molecule has 0 bridgehead atoms. The van der Waals surface area contributed by atoms with E-state index >= 15 is 0 Å². The number of aryl methyl sites for hydroxylation is 1. The van der Waals surface area contributed by atoms with Crippen molar-refractivity contribution in [2.75, 3.05) is 38.1 Å². The van der Waals surface area contributed by atoms with E-state index in [1.54, 1.807) is 43.0 Å². The maximum Gasteiger partial charge on any atom is 0.317 e. The van der Waals surface area contributed by atoms with Crippen molar-refractivity contribution in [2.45, 2.75) is 101 Å². The zero-order valence-corrected chi connectivity index (χ0v) is 29.2. The van der Waals surface area contributed by atoms with E-state index in [-0.39, 0.29) is 59.6 Å². The zero-order valence-electron chi connectivity index (χ0n) is 28.4. The SMILES string of the molecule is C[C@@H]1CN([C@@H](C)CO)C(=O)c2cc(NS(=O)(=O)c3cn(C)cn3)ccc2O[C@@H](C)CCCCO[C@@H]1CN(C)C(=O)NC1CCCCC1. The molecule has 4 rings (SSSR count). The number of nitrogens with zero attached hydrogens (tertiary/aromatic N) is 4.